The standard InChI is InChI=1S/C13H15N5O.ClH/c1-10-3-4-12(18-15-6-7-16-18)11(9-10)13(19)17-8-2-5-14-17;/h3-4,6-7,9,14H,2,5,8H2,1H3;1H. The van der Waals surface area contributed by atoms with E-state index in [0.29, 0.717) is 11.3 Å². The van der Waals surface area contributed by atoms with Crippen molar-refractivity contribution in [1.82, 2.24) is 25.4 Å². The summed E-state index contributed by atoms with van der Waals surface area (Å²) >= 11 is 0. The average molecular weight is 294 g/mol. The van der Waals surface area contributed by atoms with Crippen LogP contribution in [0.25, 0.3) is 5.69 Å². The summed E-state index contributed by atoms with van der Waals surface area (Å²) in [4.78, 5) is 14.0. The van der Waals surface area contributed by atoms with Crippen molar-refractivity contribution in [2.75, 3.05) is 13.1 Å². The van der Waals surface area contributed by atoms with Crippen LogP contribution < -0.4 is 5.43 Å². The summed E-state index contributed by atoms with van der Waals surface area (Å²) in [5, 5.41) is 9.85. The Bertz CT molecular complexity index is 593. The zero-order valence-electron chi connectivity index (χ0n) is 11.1. The highest BCUT2D eigenvalue weighted by Gasteiger charge is 2.22. The Morgan fingerprint density at radius 2 is 2.05 bits per heavy atom. The van der Waals surface area contributed by atoms with Crippen LogP contribution in [0.15, 0.2) is 30.6 Å². The van der Waals surface area contributed by atoms with Gasteiger partial charge in [0, 0.05) is 13.1 Å². The van der Waals surface area contributed by atoms with Gasteiger partial charge in [-0.05, 0) is 25.5 Å². The van der Waals surface area contributed by atoms with Gasteiger partial charge in [0.15, 0.2) is 0 Å². The minimum atomic E-state index is -0.0338. The lowest BCUT2D eigenvalue weighted by atomic mass is 10.1. The third-order valence-corrected chi connectivity index (χ3v) is 3.12. The van der Waals surface area contributed by atoms with Gasteiger partial charge in [-0.15, -0.1) is 12.4 Å². The van der Waals surface area contributed by atoms with Gasteiger partial charge in [0.05, 0.1) is 23.6 Å². The summed E-state index contributed by atoms with van der Waals surface area (Å²) in [7, 11) is 0. The molecule has 1 fully saturated rings. The van der Waals surface area contributed by atoms with E-state index in [1.165, 1.54) is 4.80 Å². The number of carbonyl (C=O) groups is 1. The SMILES string of the molecule is Cc1ccc(-n2nccn2)c(C(=O)N2CCCN2)c1.Cl. The Balaban J connectivity index is 0.00000147. The minimum Gasteiger partial charge on any atom is -0.274 e. The van der Waals surface area contributed by atoms with Gasteiger partial charge in [-0.3, -0.25) is 9.80 Å². The van der Waals surface area contributed by atoms with Crippen molar-refractivity contribution in [3.05, 3.63) is 41.7 Å². The molecular weight excluding hydrogens is 278 g/mol. The zero-order chi connectivity index (χ0) is 13.2. The molecule has 1 aromatic carbocycles. The zero-order valence-corrected chi connectivity index (χ0v) is 11.9. The second-order valence-corrected chi connectivity index (χ2v) is 4.56. The molecule has 3 rings (SSSR count). The highest BCUT2D eigenvalue weighted by molar-refractivity contribution is 5.97. The number of nitrogens with one attached hydrogen (secondary N) is 1. The van der Waals surface area contributed by atoms with Crippen LogP contribution in [0.5, 0.6) is 0 Å². The molecule has 2 heterocycles. The van der Waals surface area contributed by atoms with E-state index in [0.717, 1.165) is 25.1 Å². The van der Waals surface area contributed by atoms with Gasteiger partial charge in [0.1, 0.15) is 0 Å². The van der Waals surface area contributed by atoms with Crippen LogP contribution in [0.1, 0.15) is 22.3 Å². The van der Waals surface area contributed by atoms with E-state index in [2.05, 4.69) is 15.6 Å². The second kappa shape index (κ2) is 6.02. The van der Waals surface area contributed by atoms with Crippen LogP contribution in [0.4, 0.5) is 0 Å². The molecular formula is C13H16ClN5O. The average Bonchev–Trinajstić information content (AvgIpc) is 3.11. The number of hydrogen-bond acceptors (Lipinski definition) is 4. The Morgan fingerprint density at radius 3 is 2.70 bits per heavy atom. The van der Waals surface area contributed by atoms with Crippen LogP contribution in [-0.4, -0.2) is 39.0 Å². The number of amides is 1. The Labute approximate surface area is 123 Å². The van der Waals surface area contributed by atoms with Gasteiger partial charge >= 0.3 is 0 Å². The van der Waals surface area contributed by atoms with Gasteiger partial charge < -0.3 is 0 Å². The monoisotopic (exact) mass is 293 g/mol. The summed E-state index contributed by atoms with van der Waals surface area (Å²) in [6.07, 6.45) is 4.18. The number of benzene rings is 1. The van der Waals surface area contributed by atoms with Crippen molar-refractivity contribution in [2.24, 2.45) is 0 Å². The summed E-state index contributed by atoms with van der Waals surface area (Å²) in [6.45, 7) is 3.54. The van der Waals surface area contributed by atoms with Crippen molar-refractivity contribution in [3.63, 3.8) is 0 Å². The largest absolute Gasteiger partial charge is 0.274 e. The third-order valence-electron chi connectivity index (χ3n) is 3.12. The van der Waals surface area contributed by atoms with Crippen LogP contribution in [0.2, 0.25) is 0 Å². The lowest BCUT2D eigenvalue weighted by Gasteiger charge is -2.17. The van der Waals surface area contributed by atoms with E-state index < -0.39 is 0 Å². The normalized spacial score (nSPS) is 14.2. The fraction of sp³-hybridized carbons (Fsp3) is 0.308. The maximum Gasteiger partial charge on any atom is 0.270 e. The van der Waals surface area contributed by atoms with E-state index in [1.54, 1.807) is 17.4 Å². The lowest BCUT2D eigenvalue weighted by Crippen LogP contribution is -2.37. The first-order valence-corrected chi connectivity index (χ1v) is 6.28. The van der Waals surface area contributed by atoms with E-state index in [4.69, 9.17) is 0 Å². The molecule has 1 N–H and O–H groups in total. The van der Waals surface area contributed by atoms with E-state index in [1.807, 2.05) is 25.1 Å². The van der Waals surface area contributed by atoms with Crippen molar-refractivity contribution >= 4 is 18.3 Å². The van der Waals surface area contributed by atoms with Crippen LogP contribution in [0, 0.1) is 6.92 Å². The molecule has 0 bridgehead atoms. The molecule has 0 unspecified atom stereocenters. The van der Waals surface area contributed by atoms with Gasteiger partial charge in [0.2, 0.25) is 0 Å². The fourth-order valence-electron chi connectivity index (χ4n) is 2.18. The summed E-state index contributed by atoms with van der Waals surface area (Å²) in [5.41, 5.74) is 5.44. The van der Waals surface area contributed by atoms with Crippen molar-refractivity contribution < 1.29 is 4.79 Å². The molecule has 1 aliphatic rings. The number of hydrazine groups is 1. The van der Waals surface area contributed by atoms with Crippen molar-refractivity contribution in [3.8, 4) is 5.69 Å². The fourth-order valence-corrected chi connectivity index (χ4v) is 2.18. The van der Waals surface area contributed by atoms with E-state index in [-0.39, 0.29) is 18.3 Å². The molecule has 1 aromatic heterocycles. The Hall–Kier alpha value is -1.92. The lowest BCUT2D eigenvalue weighted by molar-refractivity contribution is 0.0726. The predicted molar refractivity (Wildman–Crippen MR) is 77.0 cm³/mol. The second-order valence-electron chi connectivity index (χ2n) is 4.56. The van der Waals surface area contributed by atoms with Gasteiger partial charge in [-0.2, -0.15) is 15.0 Å². The van der Waals surface area contributed by atoms with Crippen LogP contribution in [-0.2, 0) is 0 Å². The first-order chi connectivity index (χ1) is 9.25. The van der Waals surface area contributed by atoms with Gasteiger partial charge in [-0.1, -0.05) is 11.6 Å². The summed E-state index contributed by atoms with van der Waals surface area (Å²) < 4.78 is 0. The number of aryl methyl sites for hydroxylation is 1. The maximum atomic E-state index is 12.5. The Morgan fingerprint density at radius 1 is 1.30 bits per heavy atom. The highest BCUT2D eigenvalue weighted by atomic mass is 35.5. The van der Waals surface area contributed by atoms with Crippen molar-refractivity contribution in [1.29, 1.82) is 0 Å². The maximum absolute atomic E-state index is 12.5. The molecule has 0 aliphatic carbocycles. The topological polar surface area (TPSA) is 63.1 Å². The molecule has 7 heteroatoms. The minimum absolute atomic E-state index is 0. The molecule has 0 spiro atoms. The number of hydrogen-bond donors (Lipinski definition) is 1. The van der Waals surface area contributed by atoms with Crippen LogP contribution >= 0.6 is 12.4 Å². The van der Waals surface area contributed by atoms with Crippen LogP contribution in [0.3, 0.4) is 0 Å². The Kier molecular flexibility index (Phi) is 4.36. The molecule has 1 amide bonds. The molecule has 6 nitrogen and oxygen atoms in total. The molecule has 106 valence electrons. The van der Waals surface area contributed by atoms with Crippen molar-refractivity contribution in [2.45, 2.75) is 13.3 Å². The highest BCUT2D eigenvalue weighted by Crippen LogP contribution is 2.17. The first-order valence-electron chi connectivity index (χ1n) is 6.28. The van der Waals surface area contributed by atoms with Gasteiger partial charge in [0.25, 0.3) is 5.91 Å². The summed E-state index contributed by atoms with van der Waals surface area (Å²) in [5.74, 6) is -0.0338. The number of halogens is 1. The van der Waals surface area contributed by atoms with E-state index in [9.17, 15) is 4.79 Å². The molecule has 1 aliphatic heterocycles. The van der Waals surface area contributed by atoms with E-state index >= 15 is 0 Å². The smallest absolute Gasteiger partial charge is 0.270 e. The molecule has 0 atom stereocenters. The molecule has 2 aromatic rings. The third kappa shape index (κ3) is 2.66. The number of aromatic nitrogens is 3. The number of rotatable bonds is 2. The number of carbonyl (C=O) groups excluding carboxylic acids is 1. The first kappa shape index (κ1) is 14.5. The molecule has 0 radical (unpaired) electrons. The molecule has 20 heavy (non-hydrogen) atoms. The molecule has 0 saturated carbocycles. The number of nitrogens with zero attached hydrogens (tertiary/aromatic N) is 4. The quantitative estimate of drug-likeness (QED) is 0.908. The predicted octanol–water partition coefficient (Wildman–Crippen LogP) is 1.35. The summed E-state index contributed by atoms with van der Waals surface area (Å²) in [6, 6.07) is 5.70. The molecule has 1 saturated heterocycles. The van der Waals surface area contributed by atoms with Gasteiger partial charge in [-0.25, -0.2) is 5.43 Å².